The molecule has 0 aromatic rings. The molecule has 1 aliphatic carbocycles. The summed E-state index contributed by atoms with van der Waals surface area (Å²) in [5.74, 6) is 0.757. The first-order chi connectivity index (χ1) is 6.20. The molecule has 1 saturated carbocycles. The van der Waals surface area contributed by atoms with Crippen LogP contribution in [-0.2, 0) is 4.79 Å². The van der Waals surface area contributed by atoms with E-state index in [0.29, 0.717) is 12.3 Å². The third-order valence-corrected chi connectivity index (χ3v) is 3.27. The summed E-state index contributed by atoms with van der Waals surface area (Å²) in [6.07, 6.45) is 7.92. The van der Waals surface area contributed by atoms with Crippen molar-refractivity contribution in [2.24, 2.45) is 11.8 Å². The predicted molar refractivity (Wildman–Crippen MR) is 52.6 cm³/mol. The van der Waals surface area contributed by atoms with E-state index in [-0.39, 0.29) is 0 Å². The normalized spacial score (nSPS) is 21.3. The summed E-state index contributed by atoms with van der Waals surface area (Å²) < 4.78 is 0. The zero-order valence-electron chi connectivity index (χ0n) is 8.46. The van der Waals surface area contributed by atoms with Gasteiger partial charge in [-0.2, -0.15) is 0 Å². The molecule has 1 rings (SSSR count). The maximum atomic E-state index is 10.4. The lowest BCUT2D eigenvalue weighted by Gasteiger charge is -2.27. The average Bonchev–Trinajstić information content (AvgIpc) is 2.15. The van der Waals surface area contributed by atoms with Gasteiger partial charge in [-0.3, -0.25) is 4.79 Å². The van der Waals surface area contributed by atoms with Gasteiger partial charge in [-0.1, -0.05) is 39.0 Å². The zero-order chi connectivity index (χ0) is 9.68. The molecule has 1 N–H and O–H groups in total. The molecule has 0 radical (unpaired) electrons. The Balaban J connectivity index is 2.20. The van der Waals surface area contributed by atoms with Gasteiger partial charge in [-0.05, 0) is 18.3 Å². The molecular weight excluding hydrogens is 164 g/mol. The first-order valence-corrected chi connectivity index (χ1v) is 5.42. The van der Waals surface area contributed by atoms with E-state index >= 15 is 0 Å². The lowest BCUT2D eigenvalue weighted by molar-refractivity contribution is -0.137. The van der Waals surface area contributed by atoms with Gasteiger partial charge in [0.15, 0.2) is 0 Å². The Hall–Kier alpha value is -0.530. The van der Waals surface area contributed by atoms with E-state index in [0.717, 1.165) is 12.3 Å². The highest BCUT2D eigenvalue weighted by Gasteiger charge is 2.20. The molecule has 1 fully saturated rings. The Kier molecular flexibility index (Phi) is 4.26. The minimum absolute atomic E-state index is 0.345. The van der Waals surface area contributed by atoms with Crippen molar-refractivity contribution in [3.05, 3.63) is 0 Å². The number of carboxylic acids is 1. The number of hydrogen-bond acceptors (Lipinski definition) is 1. The highest BCUT2D eigenvalue weighted by molar-refractivity contribution is 5.66. The van der Waals surface area contributed by atoms with E-state index in [2.05, 4.69) is 6.92 Å². The van der Waals surface area contributed by atoms with Crippen LogP contribution in [-0.4, -0.2) is 11.1 Å². The van der Waals surface area contributed by atoms with Crippen molar-refractivity contribution in [1.29, 1.82) is 0 Å². The van der Waals surface area contributed by atoms with Gasteiger partial charge in [-0.15, -0.1) is 0 Å². The molecule has 0 aromatic carbocycles. The van der Waals surface area contributed by atoms with Crippen molar-refractivity contribution in [2.45, 2.75) is 51.9 Å². The van der Waals surface area contributed by atoms with Crippen LogP contribution in [0.15, 0.2) is 0 Å². The van der Waals surface area contributed by atoms with Crippen molar-refractivity contribution >= 4 is 5.97 Å². The standard InChI is InChI=1S/C11H20O2/c1-9(7-8-11(12)13)10-5-3-2-4-6-10/h9-10H,2-8H2,1H3,(H,12,13). The van der Waals surface area contributed by atoms with Crippen LogP contribution >= 0.6 is 0 Å². The number of carbonyl (C=O) groups is 1. The molecule has 0 heterocycles. The Morgan fingerprint density at radius 1 is 1.38 bits per heavy atom. The molecule has 2 nitrogen and oxygen atoms in total. The summed E-state index contributed by atoms with van der Waals surface area (Å²) in [5, 5.41) is 8.56. The lowest BCUT2D eigenvalue weighted by Crippen LogP contribution is -2.16. The van der Waals surface area contributed by atoms with Gasteiger partial charge in [0.2, 0.25) is 0 Å². The van der Waals surface area contributed by atoms with Crippen LogP contribution in [0.1, 0.15) is 51.9 Å². The molecular formula is C11H20O2. The molecule has 0 bridgehead atoms. The molecule has 1 aliphatic rings. The van der Waals surface area contributed by atoms with Crippen molar-refractivity contribution in [1.82, 2.24) is 0 Å². The first kappa shape index (κ1) is 10.6. The third-order valence-electron chi connectivity index (χ3n) is 3.27. The fourth-order valence-corrected chi connectivity index (χ4v) is 2.29. The molecule has 0 aromatic heterocycles. The van der Waals surface area contributed by atoms with Crippen LogP contribution in [0, 0.1) is 11.8 Å². The molecule has 2 heteroatoms. The van der Waals surface area contributed by atoms with E-state index in [1.165, 1.54) is 32.1 Å². The molecule has 0 amide bonds. The fraction of sp³-hybridized carbons (Fsp3) is 0.909. The van der Waals surface area contributed by atoms with Gasteiger partial charge in [0.25, 0.3) is 0 Å². The van der Waals surface area contributed by atoms with Crippen LogP contribution in [0.4, 0.5) is 0 Å². The van der Waals surface area contributed by atoms with E-state index in [1.807, 2.05) is 0 Å². The minimum atomic E-state index is -0.650. The van der Waals surface area contributed by atoms with Crippen LogP contribution in [0.3, 0.4) is 0 Å². The van der Waals surface area contributed by atoms with Gasteiger partial charge >= 0.3 is 5.97 Å². The summed E-state index contributed by atoms with van der Waals surface area (Å²) >= 11 is 0. The van der Waals surface area contributed by atoms with Crippen LogP contribution < -0.4 is 0 Å². The van der Waals surface area contributed by atoms with Crippen molar-refractivity contribution in [3.63, 3.8) is 0 Å². The largest absolute Gasteiger partial charge is 0.481 e. The topological polar surface area (TPSA) is 37.3 Å². The minimum Gasteiger partial charge on any atom is -0.481 e. The van der Waals surface area contributed by atoms with Crippen LogP contribution in [0.5, 0.6) is 0 Å². The van der Waals surface area contributed by atoms with E-state index in [4.69, 9.17) is 5.11 Å². The molecule has 0 spiro atoms. The SMILES string of the molecule is CC(CCC(=O)O)C1CCCCC1. The van der Waals surface area contributed by atoms with Crippen molar-refractivity contribution in [3.8, 4) is 0 Å². The third kappa shape index (κ3) is 3.79. The molecule has 0 saturated heterocycles. The second-order valence-corrected chi connectivity index (χ2v) is 4.31. The molecule has 0 aliphatic heterocycles. The average molecular weight is 184 g/mol. The molecule has 1 atom stereocenters. The van der Waals surface area contributed by atoms with Gasteiger partial charge in [0.05, 0.1) is 0 Å². The Morgan fingerprint density at radius 3 is 2.54 bits per heavy atom. The smallest absolute Gasteiger partial charge is 0.303 e. The van der Waals surface area contributed by atoms with Crippen LogP contribution in [0.2, 0.25) is 0 Å². The summed E-state index contributed by atoms with van der Waals surface area (Å²) in [5.41, 5.74) is 0. The highest BCUT2D eigenvalue weighted by atomic mass is 16.4. The second-order valence-electron chi connectivity index (χ2n) is 4.31. The van der Waals surface area contributed by atoms with Crippen LogP contribution in [0.25, 0.3) is 0 Å². The Morgan fingerprint density at radius 2 is 2.00 bits per heavy atom. The maximum Gasteiger partial charge on any atom is 0.303 e. The highest BCUT2D eigenvalue weighted by Crippen LogP contribution is 2.31. The lowest BCUT2D eigenvalue weighted by atomic mass is 9.79. The Labute approximate surface area is 80.3 Å². The number of carboxylic acid groups (broad SMARTS) is 1. The summed E-state index contributed by atoms with van der Waals surface area (Å²) in [6, 6.07) is 0. The van der Waals surface area contributed by atoms with E-state index in [1.54, 1.807) is 0 Å². The zero-order valence-corrected chi connectivity index (χ0v) is 8.46. The Bertz CT molecular complexity index is 159. The molecule has 1 unspecified atom stereocenters. The van der Waals surface area contributed by atoms with Gasteiger partial charge < -0.3 is 5.11 Å². The van der Waals surface area contributed by atoms with Crippen molar-refractivity contribution < 1.29 is 9.90 Å². The van der Waals surface area contributed by atoms with E-state index in [9.17, 15) is 4.79 Å². The number of hydrogen-bond donors (Lipinski definition) is 1. The summed E-state index contributed by atoms with van der Waals surface area (Å²) in [7, 11) is 0. The molecule has 76 valence electrons. The number of rotatable bonds is 4. The second kappa shape index (κ2) is 5.25. The first-order valence-electron chi connectivity index (χ1n) is 5.42. The van der Waals surface area contributed by atoms with Crippen molar-refractivity contribution in [2.75, 3.05) is 0 Å². The summed E-state index contributed by atoms with van der Waals surface area (Å²) in [6.45, 7) is 2.21. The number of aliphatic carboxylic acids is 1. The van der Waals surface area contributed by atoms with E-state index < -0.39 is 5.97 Å². The van der Waals surface area contributed by atoms with Gasteiger partial charge in [0, 0.05) is 6.42 Å². The summed E-state index contributed by atoms with van der Waals surface area (Å²) in [4.78, 5) is 10.4. The molecule has 13 heavy (non-hydrogen) atoms. The van der Waals surface area contributed by atoms with Gasteiger partial charge in [0.1, 0.15) is 0 Å². The monoisotopic (exact) mass is 184 g/mol. The predicted octanol–water partition coefficient (Wildman–Crippen LogP) is 3.07. The quantitative estimate of drug-likeness (QED) is 0.729. The van der Waals surface area contributed by atoms with Gasteiger partial charge in [-0.25, -0.2) is 0 Å². The maximum absolute atomic E-state index is 10.4. The fourth-order valence-electron chi connectivity index (χ4n) is 2.29.